The number of aromatic hydroxyl groups is 1. The molecule has 1 aromatic carbocycles. The number of nitrogens with one attached hydrogen (secondary N) is 1. The van der Waals surface area contributed by atoms with E-state index >= 15 is 0 Å². The molecule has 0 unspecified atom stereocenters. The summed E-state index contributed by atoms with van der Waals surface area (Å²) in [5.41, 5.74) is 0.810. The molecule has 1 atom stereocenters. The Labute approximate surface area is 134 Å². The number of benzene rings is 1. The van der Waals surface area contributed by atoms with Crippen LogP contribution in [-0.2, 0) is 27.2 Å². The number of phenolic OH excluding ortho intramolecular Hbond substituents is 1. The lowest BCUT2D eigenvalue weighted by atomic mass is 10.1. The van der Waals surface area contributed by atoms with Crippen molar-refractivity contribution in [2.45, 2.75) is 25.3 Å². The SMILES string of the molecule is COC(=O)[C@H](Cc1ccc(O)cc1)NC(=O)CCc1ccco1. The van der Waals surface area contributed by atoms with Crippen molar-refractivity contribution in [2.75, 3.05) is 7.11 Å². The van der Waals surface area contributed by atoms with Crippen molar-refractivity contribution >= 4 is 11.9 Å². The van der Waals surface area contributed by atoms with Gasteiger partial charge in [-0.2, -0.15) is 0 Å². The van der Waals surface area contributed by atoms with Crippen molar-refractivity contribution in [3.05, 3.63) is 54.0 Å². The van der Waals surface area contributed by atoms with Crippen molar-refractivity contribution in [2.24, 2.45) is 0 Å². The minimum absolute atomic E-state index is 0.144. The fraction of sp³-hybridized carbons (Fsp3) is 0.294. The topological polar surface area (TPSA) is 88.8 Å². The van der Waals surface area contributed by atoms with E-state index in [1.807, 2.05) is 0 Å². The van der Waals surface area contributed by atoms with Crippen molar-refractivity contribution in [3.63, 3.8) is 0 Å². The van der Waals surface area contributed by atoms with Gasteiger partial charge in [0.15, 0.2) is 0 Å². The number of aryl methyl sites for hydroxylation is 1. The third kappa shape index (κ3) is 5.18. The van der Waals surface area contributed by atoms with E-state index in [1.54, 1.807) is 30.5 Å². The smallest absolute Gasteiger partial charge is 0.328 e. The third-order valence-corrected chi connectivity index (χ3v) is 3.38. The van der Waals surface area contributed by atoms with Gasteiger partial charge in [0.05, 0.1) is 13.4 Å². The van der Waals surface area contributed by atoms with Crippen LogP contribution in [0.4, 0.5) is 0 Å². The van der Waals surface area contributed by atoms with Gasteiger partial charge in [0, 0.05) is 19.3 Å². The van der Waals surface area contributed by atoms with Crippen LogP contribution in [0.15, 0.2) is 47.1 Å². The van der Waals surface area contributed by atoms with Crippen LogP contribution in [0.25, 0.3) is 0 Å². The Balaban J connectivity index is 1.93. The number of rotatable bonds is 7. The van der Waals surface area contributed by atoms with Gasteiger partial charge in [-0.1, -0.05) is 12.1 Å². The fourth-order valence-corrected chi connectivity index (χ4v) is 2.16. The maximum Gasteiger partial charge on any atom is 0.328 e. The molecule has 1 heterocycles. The molecule has 0 aliphatic carbocycles. The van der Waals surface area contributed by atoms with Crippen LogP contribution in [-0.4, -0.2) is 30.1 Å². The van der Waals surface area contributed by atoms with E-state index < -0.39 is 12.0 Å². The van der Waals surface area contributed by atoms with E-state index in [9.17, 15) is 14.7 Å². The molecule has 0 radical (unpaired) electrons. The van der Waals surface area contributed by atoms with Gasteiger partial charge in [0.25, 0.3) is 0 Å². The lowest BCUT2D eigenvalue weighted by Crippen LogP contribution is -2.43. The van der Waals surface area contributed by atoms with E-state index in [0.717, 1.165) is 5.56 Å². The standard InChI is InChI=1S/C17H19NO5/c1-22-17(21)15(11-12-4-6-13(19)7-5-12)18-16(20)9-8-14-3-2-10-23-14/h2-7,10,15,19H,8-9,11H2,1H3,(H,18,20)/t15-/m0/s1. The predicted molar refractivity (Wildman–Crippen MR) is 82.8 cm³/mol. The molecule has 0 spiro atoms. The summed E-state index contributed by atoms with van der Waals surface area (Å²) in [6.45, 7) is 0. The summed E-state index contributed by atoms with van der Waals surface area (Å²) in [5, 5.41) is 12.0. The van der Waals surface area contributed by atoms with Crippen LogP contribution in [0.2, 0.25) is 0 Å². The molecule has 23 heavy (non-hydrogen) atoms. The zero-order chi connectivity index (χ0) is 16.7. The molecule has 2 N–H and O–H groups in total. The number of esters is 1. The Bertz CT molecular complexity index is 634. The Morgan fingerprint density at radius 1 is 1.26 bits per heavy atom. The average Bonchev–Trinajstić information content (AvgIpc) is 3.07. The molecule has 0 saturated carbocycles. The van der Waals surface area contributed by atoms with Gasteiger partial charge in [-0.15, -0.1) is 0 Å². The Morgan fingerprint density at radius 2 is 2.00 bits per heavy atom. The summed E-state index contributed by atoms with van der Waals surface area (Å²) in [6, 6.07) is 9.23. The molecule has 2 aromatic rings. The molecule has 0 saturated heterocycles. The molecule has 0 aliphatic rings. The third-order valence-electron chi connectivity index (χ3n) is 3.38. The number of furan rings is 1. The molecule has 6 nitrogen and oxygen atoms in total. The van der Waals surface area contributed by atoms with Gasteiger partial charge >= 0.3 is 5.97 Å². The molecule has 0 bridgehead atoms. The van der Waals surface area contributed by atoms with Crippen LogP contribution in [0, 0.1) is 0 Å². The van der Waals surface area contributed by atoms with Gasteiger partial charge < -0.3 is 19.6 Å². The fourth-order valence-electron chi connectivity index (χ4n) is 2.16. The maximum atomic E-state index is 12.0. The van der Waals surface area contributed by atoms with Crippen LogP contribution >= 0.6 is 0 Å². The molecule has 2 rings (SSSR count). The summed E-state index contributed by atoms with van der Waals surface area (Å²) < 4.78 is 9.91. The molecular weight excluding hydrogens is 298 g/mol. The molecule has 1 amide bonds. The highest BCUT2D eigenvalue weighted by Crippen LogP contribution is 2.12. The summed E-state index contributed by atoms with van der Waals surface area (Å²) in [5.74, 6) is 0.0964. The van der Waals surface area contributed by atoms with Crippen molar-refractivity contribution in [3.8, 4) is 5.75 Å². The molecule has 6 heteroatoms. The van der Waals surface area contributed by atoms with Crippen molar-refractivity contribution in [1.82, 2.24) is 5.32 Å². The van der Waals surface area contributed by atoms with Crippen molar-refractivity contribution < 1.29 is 23.8 Å². The first-order valence-corrected chi connectivity index (χ1v) is 7.26. The molecular formula is C17H19NO5. The summed E-state index contributed by atoms with van der Waals surface area (Å²) in [4.78, 5) is 23.9. The number of carbonyl (C=O) groups excluding carboxylic acids is 2. The highest BCUT2D eigenvalue weighted by atomic mass is 16.5. The first-order chi connectivity index (χ1) is 11.1. The molecule has 1 aromatic heterocycles. The zero-order valence-corrected chi connectivity index (χ0v) is 12.8. The van der Waals surface area contributed by atoms with Crippen molar-refractivity contribution in [1.29, 1.82) is 0 Å². The number of phenols is 1. The van der Waals surface area contributed by atoms with Gasteiger partial charge in [-0.3, -0.25) is 4.79 Å². The second-order valence-corrected chi connectivity index (χ2v) is 5.09. The number of amides is 1. The van der Waals surface area contributed by atoms with Crippen LogP contribution < -0.4 is 5.32 Å². The maximum absolute atomic E-state index is 12.0. The quantitative estimate of drug-likeness (QED) is 0.760. The van der Waals surface area contributed by atoms with Gasteiger partial charge in [0.1, 0.15) is 17.6 Å². The first kappa shape index (κ1) is 16.6. The summed E-state index contributed by atoms with van der Waals surface area (Å²) >= 11 is 0. The molecule has 0 fully saturated rings. The highest BCUT2D eigenvalue weighted by molar-refractivity contribution is 5.84. The average molecular weight is 317 g/mol. The second kappa shape index (κ2) is 8.03. The Hall–Kier alpha value is -2.76. The van der Waals surface area contributed by atoms with E-state index in [-0.39, 0.29) is 18.1 Å². The number of hydrogen-bond donors (Lipinski definition) is 2. The van der Waals surface area contributed by atoms with Crippen LogP contribution in [0.5, 0.6) is 5.75 Å². The zero-order valence-electron chi connectivity index (χ0n) is 12.8. The normalized spacial score (nSPS) is 11.7. The molecule has 0 aliphatic heterocycles. The van der Waals surface area contributed by atoms with E-state index in [0.29, 0.717) is 18.6 Å². The lowest BCUT2D eigenvalue weighted by Gasteiger charge is -2.16. The number of ether oxygens (including phenoxy) is 1. The number of carbonyl (C=O) groups is 2. The van der Waals surface area contributed by atoms with Crippen LogP contribution in [0.1, 0.15) is 17.7 Å². The lowest BCUT2D eigenvalue weighted by molar-refractivity contribution is -0.145. The van der Waals surface area contributed by atoms with Crippen LogP contribution in [0.3, 0.4) is 0 Å². The highest BCUT2D eigenvalue weighted by Gasteiger charge is 2.22. The minimum Gasteiger partial charge on any atom is -0.508 e. The second-order valence-electron chi connectivity index (χ2n) is 5.09. The van der Waals surface area contributed by atoms with Gasteiger partial charge in [0.2, 0.25) is 5.91 Å². The number of hydrogen-bond acceptors (Lipinski definition) is 5. The van der Waals surface area contributed by atoms with Gasteiger partial charge in [-0.05, 0) is 29.8 Å². The summed E-state index contributed by atoms with van der Waals surface area (Å²) in [7, 11) is 1.28. The van der Waals surface area contributed by atoms with Gasteiger partial charge in [-0.25, -0.2) is 4.79 Å². The monoisotopic (exact) mass is 317 g/mol. The first-order valence-electron chi connectivity index (χ1n) is 7.26. The Kier molecular flexibility index (Phi) is 5.80. The van der Waals surface area contributed by atoms with E-state index in [2.05, 4.69) is 5.32 Å². The summed E-state index contributed by atoms with van der Waals surface area (Å²) in [6.07, 6.45) is 2.53. The minimum atomic E-state index is -0.770. The Morgan fingerprint density at radius 3 is 2.61 bits per heavy atom. The van der Waals surface area contributed by atoms with E-state index in [4.69, 9.17) is 9.15 Å². The number of methoxy groups -OCH3 is 1. The predicted octanol–water partition coefficient (Wildman–Crippen LogP) is 1.82. The van der Waals surface area contributed by atoms with E-state index in [1.165, 1.54) is 19.2 Å². The molecule has 122 valence electrons. The largest absolute Gasteiger partial charge is 0.508 e.